The molecule has 3 rings (SSSR count). The maximum atomic E-state index is 12.5. The summed E-state index contributed by atoms with van der Waals surface area (Å²) in [7, 11) is 4.08. The van der Waals surface area contributed by atoms with Gasteiger partial charge in [0.1, 0.15) is 0 Å². The van der Waals surface area contributed by atoms with Crippen LogP contribution in [0.5, 0.6) is 0 Å². The quantitative estimate of drug-likeness (QED) is 0.805. The largest absolute Gasteiger partial charge is 0.352 e. The predicted molar refractivity (Wildman–Crippen MR) is 110 cm³/mol. The third kappa shape index (κ3) is 5.42. The summed E-state index contributed by atoms with van der Waals surface area (Å²) in [5, 5.41) is 2.99. The number of nitrogens with zero attached hydrogens (tertiary/aromatic N) is 2. The van der Waals surface area contributed by atoms with Crippen molar-refractivity contribution in [1.29, 1.82) is 0 Å². The van der Waals surface area contributed by atoms with Gasteiger partial charge >= 0.3 is 0 Å². The Morgan fingerprint density at radius 3 is 2.29 bits per heavy atom. The molecule has 1 saturated heterocycles. The van der Waals surface area contributed by atoms with Crippen LogP contribution in [0.2, 0.25) is 0 Å². The summed E-state index contributed by atoms with van der Waals surface area (Å²) in [5.74, 6) is -0.267. The Labute approximate surface area is 167 Å². The number of amides is 2. The van der Waals surface area contributed by atoms with Crippen molar-refractivity contribution in [3.63, 3.8) is 0 Å². The lowest BCUT2D eigenvalue weighted by molar-refractivity contribution is -0.129. The van der Waals surface area contributed by atoms with Gasteiger partial charge in [-0.3, -0.25) is 9.59 Å². The van der Waals surface area contributed by atoms with Gasteiger partial charge in [0, 0.05) is 32.6 Å². The van der Waals surface area contributed by atoms with E-state index in [0.29, 0.717) is 26.1 Å². The van der Waals surface area contributed by atoms with Gasteiger partial charge in [-0.1, -0.05) is 54.1 Å². The predicted octanol–water partition coefficient (Wildman–Crippen LogP) is 2.72. The van der Waals surface area contributed by atoms with Gasteiger partial charge in [-0.25, -0.2) is 0 Å². The van der Waals surface area contributed by atoms with Crippen LogP contribution in [0.3, 0.4) is 0 Å². The number of likely N-dealkylation sites (tertiary alicyclic amines) is 1. The molecule has 5 heteroatoms. The second-order valence-corrected chi connectivity index (χ2v) is 7.93. The molecule has 0 radical (unpaired) electrons. The first-order valence-corrected chi connectivity index (χ1v) is 9.74. The zero-order valence-corrected chi connectivity index (χ0v) is 16.9. The van der Waals surface area contributed by atoms with Crippen LogP contribution >= 0.6 is 0 Å². The number of carbonyl (C=O) groups is 2. The van der Waals surface area contributed by atoms with Gasteiger partial charge in [0.05, 0.1) is 5.92 Å². The van der Waals surface area contributed by atoms with E-state index in [-0.39, 0.29) is 17.7 Å². The first kappa shape index (κ1) is 20.1. The van der Waals surface area contributed by atoms with E-state index in [2.05, 4.69) is 22.3 Å². The molecule has 0 saturated carbocycles. The maximum Gasteiger partial charge on any atom is 0.225 e. The minimum atomic E-state index is -0.272. The van der Waals surface area contributed by atoms with Crippen molar-refractivity contribution in [2.24, 2.45) is 5.92 Å². The van der Waals surface area contributed by atoms with E-state index in [4.69, 9.17) is 0 Å². The van der Waals surface area contributed by atoms with E-state index < -0.39 is 0 Å². The molecule has 1 fully saturated rings. The normalized spacial score (nSPS) is 16.6. The molecule has 5 nitrogen and oxygen atoms in total. The Balaban J connectivity index is 1.49. The number of benzene rings is 2. The third-order valence-corrected chi connectivity index (χ3v) is 5.07. The molecule has 1 unspecified atom stereocenters. The molecular weight excluding hydrogens is 350 g/mol. The Kier molecular flexibility index (Phi) is 6.47. The van der Waals surface area contributed by atoms with Gasteiger partial charge < -0.3 is 15.1 Å². The summed E-state index contributed by atoms with van der Waals surface area (Å²) in [4.78, 5) is 28.7. The molecule has 0 aliphatic carbocycles. The van der Waals surface area contributed by atoms with Crippen LogP contribution < -0.4 is 5.32 Å². The second kappa shape index (κ2) is 9.02. The van der Waals surface area contributed by atoms with Gasteiger partial charge in [-0.2, -0.15) is 0 Å². The minimum Gasteiger partial charge on any atom is -0.352 e. The lowest BCUT2D eigenvalue weighted by Crippen LogP contribution is -2.32. The summed E-state index contributed by atoms with van der Waals surface area (Å²) < 4.78 is 0. The lowest BCUT2D eigenvalue weighted by atomic mass is 10.1. The third-order valence-electron chi connectivity index (χ3n) is 5.07. The molecule has 28 heavy (non-hydrogen) atoms. The van der Waals surface area contributed by atoms with Crippen molar-refractivity contribution in [3.8, 4) is 0 Å². The highest BCUT2D eigenvalue weighted by molar-refractivity contribution is 5.89. The number of hydrogen-bond acceptors (Lipinski definition) is 3. The Hall–Kier alpha value is -2.66. The molecule has 0 spiro atoms. The fourth-order valence-electron chi connectivity index (χ4n) is 3.48. The number of rotatable bonds is 7. The molecule has 2 amide bonds. The summed E-state index contributed by atoms with van der Waals surface area (Å²) in [5.41, 5.74) is 4.60. The van der Waals surface area contributed by atoms with E-state index in [1.807, 2.05) is 57.4 Å². The van der Waals surface area contributed by atoms with E-state index >= 15 is 0 Å². The van der Waals surface area contributed by atoms with Gasteiger partial charge in [0.25, 0.3) is 0 Å². The van der Waals surface area contributed by atoms with Crippen LogP contribution in [0.15, 0.2) is 48.5 Å². The topological polar surface area (TPSA) is 52.7 Å². The first-order valence-electron chi connectivity index (χ1n) is 9.74. The van der Waals surface area contributed by atoms with Crippen LogP contribution in [0, 0.1) is 12.8 Å². The second-order valence-electron chi connectivity index (χ2n) is 7.93. The highest BCUT2D eigenvalue weighted by Crippen LogP contribution is 2.21. The van der Waals surface area contributed by atoms with Crippen molar-refractivity contribution in [2.75, 3.05) is 20.6 Å². The van der Waals surface area contributed by atoms with Crippen LogP contribution in [0.1, 0.15) is 28.7 Å². The molecule has 148 valence electrons. The first-order chi connectivity index (χ1) is 13.4. The van der Waals surface area contributed by atoms with Crippen LogP contribution in [-0.2, 0) is 29.2 Å². The number of carbonyl (C=O) groups excluding carboxylic acids is 2. The standard InChI is InChI=1S/C23H29N3O2/c1-17-4-6-20(7-5-17)15-26-16-21(12-22(26)27)23(28)24-13-18-8-10-19(11-9-18)14-25(2)3/h4-11,21H,12-16H2,1-3H3,(H,24,28). The SMILES string of the molecule is Cc1ccc(CN2CC(C(=O)NCc3ccc(CN(C)C)cc3)CC2=O)cc1. The van der Waals surface area contributed by atoms with Crippen LogP contribution in [-0.4, -0.2) is 42.3 Å². The molecule has 1 atom stereocenters. The van der Waals surface area contributed by atoms with Crippen molar-refractivity contribution in [1.82, 2.24) is 15.1 Å². The fourth-order valence-corrected chi connectivity index (χ4v) is 3.48. The fraction of sp³-hybridized carbons (Fsp3) is 0.391. The number of hydrogen-bond donors (Lipinski definition) is 1. The molecule has 1 N–H and O–H groups in total. The molecule has 0 aromatic heterocycles. The highest BCUT2D eigenvalue weighted by atomic mass is 16.2. The zero-order valence-electron chi connectivity index (χ0n) is 16.9. The Morgan fingerprint density at radius 1 is 1.04 bits per heavy atom. The average molecular weight is 380 g/mol. The highest BCUT2D eigenvalue weighted by Gasteiger charge is 2.34. The zero-order chi connectivity index (χ0) is 20.1. The molecule has 1 aliphatic heterocycles. The molecule has 0 bridgehead atoms. The molecule has 2 aromatic carbocycles. The summed E-state index contributed by atoms with van der Waals surface area (Å²) in [6.07, 6.45) is 0.291. The van der Waals surface area contributed by atoms with E-state index in [1.165, 1.54) is 11.1 Å². The van der Waals surface area contributed by atoms with Crippen molar-refractivity contribution < 1.29 is 9.59 Å². The van der Waals surface area contributed by atoms with Gasteiger partial charge in [-0.05, 0) is 37.7 Å². The number of aryl methyl sites for hydroxylation is 1. The Morgan fingerprint density at radius 2 is 1.64 bits per heavy atom. The summed E-state index contributed by atoms with van der Waals surface area (Å²) in [6.45, 7) is 4.48. The minimum absolute atomic E-state index is 0.0443. The smallest absolute Gasteiger partial charge is 0.225 e. The molecule has 1 heterocycles. The van der Waals surface area contributed by atoms with Crippen molar-refractivity contribution >= 4 is 11.8 Å². The van der Waals surface area contributed by atoms with Crippen LogP contribution in [0.4, 0.5) is 0 Å². The van der Waals surface area contributed by atoms with Gasteiger partial charge in [-0.15, -0.1) is 0 Å². The van der Waals surface area contributed by atoms with E-state index in [1.54, 1.807) is 4.90 Å². The summed E-state index contributed by atoms with van der Waals surface area (Å²) >= 11 is 0. The van der Waals surface area contributed by atoms with Gasteiger partial charge in [0.2, 0.25) is 11.8 Å². The number of nitrogens with one attached hydrogen (secondary N) is 1. The Bertz CT molecular complexity index is 813. The molecule has 1 aliphatic rings. The van der Waals surface area contributed by atoms with Crippen molar-refractivity contribution in [3.05, 3.63) is 70.8 Å². The molecular formula is C23H29N3O2. The van der Waals surface area contributed by atoms with E-state index in [0.717, 1.165) is 17.7 Å². The average Bonchev–Trinajstić information content (AvgIpc) is 3.03. The van der Waals surface area contributed by atoms with Gasteiger partial charge in [0.15, 0.2) is 0 Å². The lowest BCUT2D eigenvalue weighted by Gasteiger charge is -2.17. The summed E-state index contributed by atoms with van der Waals surface area (Å²) in [6, 6.07) is 16.4. The molecule has 2 aromatic rings. The van der Waals surface area contributed by atoms with E-state index in [9.17, 15) is 9.59 Å². The monoisotopic (exact) mass is 379 g/mol. The van der Waals surface area contributed by atoms with Crippen molar-refractivity contribution in [2.45, 2.75) is 33.0 Å². The maximum absolute atomic E-state index is 12.5. The van der Waals surface area contributed by atoms with Crippen LogP contribution in [0.25, 0.3) is 0 Å².